The normalized spacial score (nSPS) is 14.6. The lowest BCUT2D eigenvalue weighted by atomic mass is 10.1. The summed E-state index contributed by atoms with van der Waals surface area (Å²) in [5, 5.41) is 1.05. The number of nitrogens with zero attached hydrogens (tertiary/aromatic N) is 5. The predicted octanol–water partition coefficient (Wildman–Crippen LogP) is 3.76. The molecule has 0 saturated carbocycles. The van der Waals surface area contributed by atoms with Gasteiger partial charge in [0.05, 0.1) is 18.3 Å². The van der Waals surface area contributed by atoms with Gasteiger partial charge in [0.1, 0.15) is 5.60 Å². The van der Waals surface area contributed by atoms with Crippen molar-refractivity contribution in [2.24, 2.45) is 0 Å². The van der Waals surface area contributed by atoms with Crippen molar-refractivity contribution in [3.63, 3.8) is 0 Å². The fraction of sp³-hybridized carbons (Fsp3) is 0.391. The Kier molecular flexibility index (Phi) is 5.63. The number of aromatic nitrogens is 3. The van der Waals surface area contributed by atoms with E-state index in [1.54, 1.807) is 12.0 Å². The summed E-state index contributed by atoms with van der Waals surface area (Å²) in [6.07, 6.45) is 1.52. The molecule has 1 aliphatic rings. The zero-order chi connectivity index (χ0) is 22.0. The highest BCUT2D eigenvalue weighted by atomic mass is 16.6. The van der Waals surface area contributed by atoms with E-state index in [2.05, 4.69) is 20.9 Å². The van der Waals surface area contributed by atoms with Crippen LogP contribution in [0.15, 0.2) is 42.6 Å². The number of methoxy groups -OCH3 is 1. The van der Waals surface area contributed by atoms with Crippen LogP contribution in [0.25, 0.3) is 22.2 Å². The van der Waals surface area contributed by atoms with Crippen molar-refractivity contribution in [1.29, 1.82) is 0 Å². The number of benzene rings is 1. The van der Waals surface area contributed by atoms with E-state index < -0.39 is 5.60 Å². The molecule has 3 aromatic rings. The Balaban J connectivity index is 1.55. The Labute approximate surface area is 181 Å². The molecule has 1 aromatic carbocycles. The molecule has 2 aromatic heterocycles. The highest BCUT2D eigenvalue weighted by molar-refractivity contribution is 5.83. The first-order valence-corrected chi connectivity index (χ1v) is 10.3. The third-order valence-electron chi connectivity index (χ3n) is 5.00. The number of hydrogen-bond acceptors (Lipinski definition) is 7. The van der Waals surface area contributed by atoms with Crippen molar-refractivity contribution < 1.29 is 14.3 Å². The number of carbonyl (C=O) groups excluding carboxylic acids is 1. The van der Waals surface area contributed by atoms with E-state index in [1.807, 2.05) is 57.3 Å². The van der Waals surface area contributed by atoms with Crippen LogP contribution in [-0.4, -0.2) is 64.8 Å². The monoisotopic (exact) mass is 421 g/mol. The van der Waals surface area contributed by atoms with Gasteiger partial charge in [-0.2, -0.15) is 4.98 Å². The van der Waals surface area contributed by atoms with E-state index >= 15 is 0 Å². The van der Waals surface area contributed by atoms with Crippen molar-refractivity contribution in [1.82, 2.24) is 19.9 Å². The van der Waals surface area contributed by atoms with Gasteiger partial charge in [0, 0.05) is 49.4 Å². The third-order valence-corrected chi connectivity index (χ3v) is 5.00. The van der Waals surface area contributed by atoms with Crippen LogP contribution in [0.4, 0.5) is 10.7 Å². The lowest BCUT2D eigenvalue weighted by Crippen LogP contribution is -2.50. The van der Waals surface area contributed by atoms with Gasteiger partial charge in [0.15, 0.2) is 0 Å². The van der Waals surface area contributed by atoms with Gasteiger partial charge in [-0.1, -0.05) is 18.2 Å². The topological polar surface area (TPSA) is 80.7 Å². The minimum absolute atomic E-state index is 0.290. The molecule has 0 bridgehead atoms. The van der Waals surface area contributed by atoms with E-state index in [1.165, 1.54) is 0 Å². The molecule has 8 nitrogen and oxygen atoms in total. The van der Waals surface area contributed by atoms with E-state index in [0.717, 1.165) is 22.2 Å². The highest BCUT2D eigenvalue weighted by Crippen LogP contribution is 2.26. The number of para-hydroxylation sites is 1. The number of pyridine rings is 1. The molecule has 0 spiro atoms. The molecule has 1 amide bonds. The lowest BCUT2D eigenvalue weighted by Gasteiger charge is -2.35. The molecule has 1 fully saturated rings. The van der Waals surface area contributed by atoms with Gasteiger partial charge in [0.25, 0.3) is 0 Å². The van der Waals surface area contributed by atoms with Gasteiger partial charge in [0.2, 0.25) is 11.8 Å². The van der Waals surface area contributed by atoms with Crippen LogP contribution in [0.3, 0.4) is 0 Å². The van der Waals surface area contributed by atoms with Crippen molar-refractivity contribution >= 4 is 22.9 Å². The summed E-state index contributed by atoms with van der Waals surface area (Å²) in [6, 6.07) is 11.8. The Hall–Kier alpha value is -3.42. The summed E-state index contributed by atoms with van der Waals surface area (Å²) in [4.78, 5) is 29.9. The van der Waals surface area contributed by atoms with Gasteiger partial charge < -0.3 is 19.3 Å². The minimum Gasteiger partial charge on any atom is -0.481 e. The molecule has 1 aliphatic heterocycles. The molecule has 3 heterocycles. The van der Waals surface area contributed by atoms with Crippen LogP contribution in [0.5, 0.6) is 5.88 Å². The number of ether oxygens (including phenoxy) is 2. The lowest BCUT2D eigenvalue weighted by molar-refractivity contribution is 0.0240. The number of carbonyl (C=O) groups is 1. The van der Waals surface area contributed by atoms with Crippen LogP contribution in [0.1, 0.15) is 20.8 Å². The average Bonchev–Trinajstić information content (AvgIpc) is 2.77. The maximum atomic E-state index is 12.3. The summed E-state index contributed by atoms with van der Waals surface area (Å²) in [6.45, 7) is 7.92. The van der Waals surface area contributed by atoms with Crippen LogP contribution < -0.4 is 9.64 Å². The summed E-state index contributed by atoms with van der Waals surface area (Å²) in [5.74, 6) is 1.06. The molecule has 0 atom stereocenters. The van der Waals surface area contributed by atoms with Crippen molar-refractivity contribution in [3.8, 4) is 17.1 Å². The fourth-order valence-electron chi connectivity index (χ4n) is 3.43. The quantitative estimate of drug-likeness (QED) is 0.637. The third kappa shape index (κ3) is 4.84. The van der Waals surface area contributed by atoms with Gasteiger partial charge in [-0.3, -0.25) is 4.98 Å². The molecule has 0 N–H and O–H groups in total. The van der Waals surface area contributed by atoms with Crippen molar-refractivity contribution in [3.05, 3.63) is 42.6 Å². The molecular weight excluding hydrogens is 394 g/mol. The Bertz CT molecular complexity index is 1090. The zero-order valence-corrected chi connectivity index (χ0v) is 18.3. The summed E-state index contributed by atoms with van der Waals surface area (Å²) >= 11 is 0. The molecule has 1 saturated heterocycles. The summed E-state index contributed by atoms with van der Waals surface area (Å²) in [7, 11) is 1.59. The second kappa shape index (κ2) is 8.37. The molecule has 4 rings (SSSR count). The van der Waals surface area contributed by atoms with E-state index in [0.29, 0.717) is 38.0 Å². The van der Waals surface area contributed by atoms with Gasteiger partial charge in [-0.25, -0.2) is 9.78 Å². The maximum Gasteiger partial charge on any atom is 0.410 e. The smallest absolute Gasteiger partial charge is 0.410 e. The average molecular weight is 422 g/mol. The standard InChI is InChI=1S/C23H27N5O3/c1-23(2,3)31-22(29)28-11-9-27(10-12-28)21-25-19(14-20(26-21)30-4)17-13-16-7-5-6-8-18(16)24-15-17/h5-8,13-15H,9-12H2,1-4H3. The molecule has 8 heteroatoms. The second-order valence-electron chi connectivity index (χ2n) is 8.47. The number of rotatable bonds is 3. The van der Waals surface area contributed by atoms with E-state index in [4.69, 9.17) is 14.5 Å². The number of hydrogen-bond donors (Lipinski definition) is 0. The minimum atomic E-state index is -0.507. The Morgan fingerprint density at radius 2 is 1.77 bits per heavy atom. The van der Waals surface area contributed by atoms with Gasteiger partial charge in [-0.15, -0.1) is 0 Å². The number of fused-ring (bicyclic) bond motifs is 1. The maximum absolute atomic E-state index is 12.3. The molecule has 31 heavy (non-hydrogen) atoms. The van der Waals surface area contributed by atoms with Crippen molar-refractivity contribution in [2.75, 3.05) is 38.2 Å². The molecular formula is C23H27N5O3. The number of amides is 1. The van der Waals surface area contributed by atoms with Gasteiger partial charge in [-0.05, 0) is 32.9 Å². The first-order chi connectivity index (χ1) is 14.8. The SMILES string of the molecule is COc1cc(-c2cnc3ccccc3c2)nc(N2CCN(C(=O)OC(C)(C)C)CC2)n1. The van der Waals surface area contributed by atoms with E-state index in [9.17, 15) is 4.79 Å². The van der Waals surface area contributed by atoms with Crippen LogP contribution >= 0.6 is 0 Å². The Morgan fingerprint density at radius 1 is 1.03 bits per heavy atom. The van der Waals surface area contributed by atoms with Crippen LogP contribution in [0.2, 0.25) is 0 Å². The van der Waals surface area contributed by atoms with Crippen molar-refractivity contribution in [2.45, 2.75) is 26.4 Å². The summed E-state index contributed by atoms with van der Waals surface area (Å²) < 4.78 is 10.9. The molecule has 0 aliphatic carbocycles. The molecule has 0 unspecified atom stereocenters. The fourth-order valence-corrected chi connectivity index (χ4v) is 3.43. The largest absolute Gasteiger partial charge is 0.481 e. The summed E-state index contributed by atoms with van der Waals surface area (Å²) in [5.41, 5.74) is 2.07. The molecule has 0 radical (unpaired) electrons. The van der Waals surface area contributed by atoms with Crippen LogP contribution in [-0.2, 0) is 4.74 Å². The first kappa shape index (κ1) is 20.8. The Morgan fingerprint density at radius 3 is 2.48 bits per heavy atom. The zero-order valence-electron chi connectivity index (χ0n) is 18.3. The highest BCUT2D eigenvalue weighted by Gasteiger charge is 2.27. The predicted molar refractivity (Wildman–Crippen MR) is 119 cm³/mol. The van der Waals surface area contributed by atoms with E-state index in [-0.39, 0.29) is 6.09 Å². The second-order valence-corrected chi connectivity index (χ2v) is 8.47. The number of anilines is 1. The number of piperazine rings is 1. The molecule has 162 valence electrons. The first-order valence-electron chi connectivity index (χ1n) is 10.3. The van der Waals surface area contributed by atoms with Crippen LogP contribution in [0, 0.1) is 0 Å². The van der Waals surface area contributed by atoms with Gasteiger partial charge >= 0.3 is 6.09 Å².